The summed E-state index contributed by atoms with van der Waals surface area (Å²) < 4.78 is 45.9. The van der Waals surface area contributed by atoms with Gasteiger partial charge < -0.3 is 94.4 Å². The molecular weight excluding hydrogens is 816 g/mol. The summed E-state index contributed by atoms with van der Waals surface area (Å²) in [4.78, 5) is 12.4. The van der Waals surface area contributed by atoms with E-state index in [1.165, 1.54) is 30.3 Å². The average Bonchev–Trinajstić information content (AvgIpc) is 3.52. The fourth-order valence-electron chi connectivity index (χ4n) is 6.70. The lowest BCUT2D eigenvalue weighted by Crippen LogP contribution is -2.60. The molecule has 61 heavy (non-hydrogen) atoms. The zero-order valence-corrected chi connectivity index (χ0v) is 31.6. The van der Waals surface area contributed by atoms with Crippen molar-refractivity contribution in [3.05, 3.63) is 72.3 Å². The number of aromatic hydroxyl groups is 4. The first kappa shape index (κ1) is 43.7. The molecule has 0 radical (unpaired) electrons. The number of phenolic OH excluding ortho intramolecular Hbond substituents is 4. The van der Waals surface area contributed by atoms with E-state index >= 15 is 0 Å². The average molecular weight is 860 g/mol. The molecule has 4 heterocycles. The number of aliphatic hydroxyl groups is 8. The predicted molar refractivity (Wildman–Crippen MR) is 201 cm³/mol. The quantitative estimate of drug-likeness (QED) is 0.0349. The van der Waals surface area contributed by atoms with Gasteiger partial charge in [0, 0.05) is 24.3 Å². The minimum atomic E-state index is -2.21. The van der Waals surface area contributed by atoms with Crippen LogP contribution in [-0.4, -0.2) is 167 Å². The van der Waals surface area contributed by atoms with E-state index in [-0.39, 0.29) is 39.5 Å². The second-order valence-corrected chi connectivity index (χ2v) is 14.6. The molecule has 7 rings (SSSR count). The zero-order valence-electron chi connectivity index (χ0n) is 31.6. The lowest BCUT2D eigenvalue weighted by atomic mass is 9.99. The van der Waals surface area contributed by atoms with Crippen molar-refractivity contribution in [1.82, 2.24) is 0 Å². The molecule has 1 aromatic heterocycles. The summed E-state index contributed by atoms with van der Waals surface area (Å²) in [5.74, 6) is -3.06. The normalized spacial score (nSPS) is 31.6. The van der Waals surface area contributed by atoms with Crippen LogP contribution in [0, 0.1) is 0 Å². The molecule has 3 saturated heterocycles. The molecule has 21 nitrogen and oxygen atoms in total. The zero-order chi connectivity index (χ0) is 43.7. The van der Waals surface area contributed by atoms with Gasteiger partial charge in [0.1, 0.15) is 72.0 Å². The van der Waals surface area contributed by atoms with Crippen LogP contribution in [0.3, 0.4) is 0 Å². The fourth-order valence-corrected chi connectivity index (χ4v) is 6.70. The molecule has 3 aliphatic rings. The van der Waals surface area contributed by atoms with Crippen LogP contribution in [-0.2, 0) is 28.5 Å². The number of benzene rings is 3. The van der Waals surface area contributed by atoms with Gasteiger partial charge in [-0.3, -0.25) is 0 Å². The third-order valence-corrected chi connectivity index (χ3v) is 10.2. The Hall–Kier alpha value is -5.40. The molecule has 4 aromatic rings. The van der Waals surface area contributed by atoms with Gasteiger partial charge in [0.25, 0.3) is 0 Å². The van der Waals surface area contributed by atoms with Crippen molar-refractivity contribution in [2.45, 2.75) is 73.3 Å². The predicted octanol–water partition coefficient (Wildman–Crippen LogP) is -1.07. The molecule has 0 saturated carbocycles. The molecule has 12 N–H and O–H groups in total. The standard InChI is InChI=1S/C40H42O21/c41-13-28-31(49)32(50)33(51)37(60-28)58-26-11-20(43)10-25-21(26)12-27(34(57-25)18-4-7-22(44)23(45)9-18)59-38-35(30(48)24(46)14-54-38)61-39-36(52)40(53,16-56-39)15-55-29(47)8-3-17-1-5-19(42)6-2-17/h1-12,24,28,30-33,35-39,41,46,48-53H,13-16H2,(H3-,42,43,44,45,47)/p+1/t24-,28-,30+,31-,32+,33-,35-,36+,37-,38+,39+,40-/m1/s1. The summed E-state index contributed by atoms with van der Waals surface area (Å²) in [5.41, 5.74) is -1.69. The van der Waals surface area contributed by atoms with Crippen LogP contribution in [0.15, 0.2) is 71.2 Å². The molecule has 12 atom stereocenters. The van der Waals surface area contributed by atoms with E-state index in [9.17, 15) is 66.1 Å². The minimum absolute atomic E-state index is 0.00237. The summed E-state index contributed by atoms with van der Waals surface area (Å²) in [5, 5.41) is 125. The van der Waals surface area contributed by atoms with Gasteiger partial charge in [0.2, 0.25) is 18.3 Å². The van der Waals surface area contributed by atoms with Gasteiger partial charge in [-0.05, 0) is 35.9 Å². The van der Waals surface area contributed by atoms with Gasteiger partial charge in [0.15, 0.2) is 29.5 Å². The van der Waals surface area contributed by atoms with Crippen LogP contribution < -0.4 is 9.47 Å². The lowest BCUT2D eigenvalue weighted by Gasteiger charge is -2.39. The summed E-state index contributed by atoms with van der Waals surface area (Å²) in [6.45, 7) is -2.66. The van der Waals surface area contributed by atoms with Crippen molar-refractivity contribution in [2.24, 2.45) is 0 Å². The minimum Gasteiger partial charge on any atom is -0.508 e. The monoisotopic (exact) mass is 859 g/mol. The van der Waals surface area contributed by atoms with E-state index in [2.05, 4.69) is 0 Å². The van der Waals surface area contributed by atoms with Crippen LogP contribution in [0.4, 0.5) is 0 Å². The molecule has 0 amide bonds. The molecule has 21 heteroatoms. The fraction of sp³-hybridized carbons (Fsp3) is 0.400. The Labute approximate surface area is 344 Å². The number of hydrogen-bond donors (Lipinski definition) is 12. The number of aliphatic hydroxyl groups excluding tert-OH is 7. The van der Waals surface area contributed by atoms with E-state index in [4.69, 9.17) is 37.6 Å². The second kappa shape index (κ2) is 17.9. The highest BCUT2D eigenvalue weighted by atomic mass is 16.8. The van der Waals surface area contributed by atoms with Crippen LogP contribution in [0.1, 0.15) is 5.56 Å². The van der Waals surface area contributed by atoms with Gasteiger partial charge in [-0.1, -0.05) is 12.1 Å². The Morgan fingerprint density at radius 2 is 1.52 bits per heavy atom. The Balaban J connectivity index is 1.16. The highest BCUT2D eigenvalue weighted by molar-refractivity contribution is 5.89. The first-order valence-corrected chi connectivity index (χ1v) is 18.6. The second-order valence-electron chi connectivity index (χ2n) is 14.6. The van der Waals surface area contributed by atoms with Crippen molar-refractivity contribution >= 4 is 23.0 Å². The van der Waals surface area contributed by atoms with Crippen molar-refractivity contribution in [3.63, 3.8) is 0 Å². The Morgan fingerprint density at radius 3 is 2.25 bits per heavy atom. The molecule has 0 unspecified atom stereocenters. The number of ether oxygens (including phenoxy) is 7. The Kier molecular flexibility index (Phi) is 12.8. The number of rotatable bonds is 12. The van der Waals surface area contributed by atoms with Gasteiger partial charge >= 0.3 is 17.3 Å². The molecular formula is C40H43O21+. The maximum atomic E-state index is 12.4. The largest absolute Gasteiger partial charge is 0.508 e. The van der Waals surface area contributed by atoms with Gasteiger partial charge in [-0.15, -0.1) is 0 Å². The summed E-state index contributed by atoms with van der Waals surface area (Å²) in [6.07, 6.45) is -16.4. The lowest BCUT2D eigenvalue weighted by molar-refractivity contribution is -0.297. The van der Waals surface area contributed by atoms with Crippen molar-refractivity contribution in [3.8, 4) is 45.8 Å². The van der Waals surface area contributed by atoms with Gasteiger partial charge in [-0.25, -0.2) is 9.21 Å². The third-order valence-electron chi connectivity index (χ3n) is 10.2. The number of esters is 1. The summed E-state index contributed by atoms with van der Waals surface area (Å²) in [6, 6.07) is 13.0. The van der Waals surface area contributed by atoms with E-state index in [0.29, 0.717) is 5.56 Å². The highest BCUT2D eigenvalue weighted by Gasteiger charge is 2.53. The van der Waals surface area contributed by atoms with Gasteiger partial charge in [0.05, 0.1) is 31.5 Å². The Morgan fingerprint density at radius 1 is 0.787 bits per heavy atom. The van der Waals surface area contributed by atoms with Crippen molar-refractivity contribution in [1.29, 1.82) is 0 Å². The van der Waals surface area contributed by atoms with Crippen molar-refractivity contribution in [2.75, 3.05) is 26.4 Å². The summed E-state index contributed by atoms with van der Waals surface area (Å²) in [7, 11) is 0. The van der Waals surface area contributed by atoms with Crippen LogP contribution in [0.5, 0.6) is 34.5 Å². The third kappa shape index (κ3) is 9.28. The van der Waals surface area contributed by atoms with E-state index < -0.39 is 123 Å². The molecule has 3 fully saturated rings. The number of hydrogen-bond acceptors (Lipinski definition) is 20. The number of phenols is 4. The van der Waals surface area contributed by atoms with Crippen LogP contribution >= 0.6 is 0 Å². The SMILES string of the molecule is O=C(C=Cc1ccc(O)cc1)OC[C@@]1(O)CO[C@@H](O[C@H]2[C@H](Oc3cc4c(O[C@@H]5O[C@H](CO)[C@@H](O)[C@H](O)[C@H]5O)cc(O)cc4[o+]c3-c3ccc(O)c(O)c3)OC[C@@H](O)[C@@H]2O)[C@@H]1O. The number of fused-ring (bicyclic) bond motifs is 1. The van der Waals surface area contributed by atoms with E-state index in [1.807, 2.05) is 0 Å². The van der Waals surface area contributed by atoms with Crippen LogP contribution in [0.25, 0.3) is 28.4 Å². The molecule has 3 aromatic carbocycles. The topological polar surface area (TPSA) is 336 Å². The number of carbonyl (C=O) groups excluding carboxylic acids is 1. The molecule has 0 aliphatic carbocycles. The molecule has 328 valence electrons. The Bertz CT molecular complexity index is 2220. The maximum absolute atomic E-state index is 12.4. The smallest absolute Gasteiger partial charge is 0.402 e. The molecule has 3 aliphatic heterocycles. The van der Waals surface area contributed by atoms with Crippen molar-refractivity contribution < 1.29 is 104 Å². The molecule has 0 bridgehead atoms. The first-order chi connectivity index (χ1) is 29.0. The maximum Gasteiger partial charge on any atom is 0.402 e. The van der Waals surface area contributed by atoms with E-state index in [1.54, 1.807) is 12.1 Å². The molecule has 0 spiro atoms. The number of carbonyl (C=O) groups is 1. The van der Waals surface area contributed by atoms with Gasteiger partial charge in [-0.2, -0.15) is 0 Å². The highest BCUT2D eigenvalue weighted by Crippen LogP contribution is 2.43. The van der Waals surface area contributed by atoms with Crippen LogP contribution in [0.2, 0.25) is 0 Å². The first-order valence-electron chi connectivity index (χ1n) is 18.6. The summed E-state index contributed by atoms with van der Waals surface area (Å²) >= 11 is 0. The van der Waals surface area contributed by atoms with E-state index in [0.717, 1.165) is 30.3 Å².